The maximum absolute atomic E-state index is 11.7. The SMILES string of the molecule is O=C(C=Cc1ccccc1)NC(=S)Nc1ccccc1. The Kier molecular flexibility index (Phi) is 5.03. The van der Waals surface area contributed by atoms with Gasteiger partial charge in [-0.05, 0) is 36.0 Å². The van der Waals surface area contributed by atoms with Crippen molar-refractivity contribution in [1.29, 1.82) is 0 Å². The lowest BCUT2D eigenvalue weighted by atomic mass is 10.2. The van der Waals surface area contributed by atoms with Crippen LogP contribution in [-0.2, 0) is 4.79 Å². The third kappa shape index (κ3) is 4.66. The lowest BCUT2D eigenvalue weighted by Gasteiger charge is -2.07. The van der Waals surface area contributed by atoms with E-state index < -0.39 is 0 Å². The van der Waals surface area contributed by atoms with Gasteiger partial charge in [-0.3, -0.25) is 10.1 Å². The second kappa shape index (κ2) is 7.21. The Morgan fingerprint density at radius 1 is 0.950 bits per heavy atom. The number of nitrogens with one attached hydrogen (secondary N) is 2. The minimum atomic E-state index is -0.262. The second-order valence-electron chi connectivity index (χ2n) is 4.05. The van der Waals surface area contributed by atoms with Gasteiger partial charge >= 0.3 is 0 Å². The highest BCUT2D eigenvalue weighted by Gasteiger charge is 2.00. The molecule has 2 N–H and O–H groups in total. The molecule has 3 nitrogen and oxygen atoms in total. The topological polar surface area (TPSA) is 41.1 Å². The number of amides is 1. The Morgan fingerprint density at radius 3 is 2.20 bits per heavy atom. The predicted octanol–water partition coefficient (Wildman–Crippen LogP) is 3.21. The van der Waals surface area contributed by atoms with Gasteiger partial charge in [-0.2, -0.15) is 0 Å². The normalized spacial score (nSPS) is 10.2. The molecular formula is C16H14N2OS. The number of carbonyl (C=O) groups excluding carboxylic acids is 1. The van der Waals surface area contributed by atoms with Crippen molar-refractivity contribution >= 4 is 35.0 Å². The number of hydrogen-bond donors (Lipinski definition) is 2. The zero-order chi connectivity index (χ0) is 14.2. The van der Waals surface area contributed by atoms with E-state index in [1.807, 2.05) is 60.7 Å². The first-order valence-electron chi connectivity index (χ1n) is 6.14. The maximum Gasteiger partial charge on any atom is 0.250 e. The van der Waals surface area contributed by atoms with Crippen LogP contribution in [0.4, 0.5) is 5.69 Å². The number of thiocarbonyl (C=S) groups is 1. The Labute approximate surface area is 123 Å². The first-order valence-corrected chi connectivity index (χ1v) is 6.55. The van der Waals surface area contributed by atoms with Crippen LogP contribution >= 0.6 is 12.2 Å². The molecule has 0 aromatic heterocycles. The summed E-state index contributed by atoms with van der Waals surface area (Å²) in [5, 5.41) is 5.81. The largest absolute Gasteiger partial charge is 0.332 e. The van der Waals surface area contributed by atoms with Crippen LogP contribution in [0.1, 0.15) is 5.56 Å². The van der Waals surface area contributed by atoms with Gasteiger partial charge in [0, 0.05) is 11.8 Å². The summed E-state index contributed by atoms with van der Waals surface area (Å²) in [4.78, 5) is 11.7. The average Bonchev–Trinajstić information content (AvgIpc) is 2.47. The molecule has 0 radical (unpaired) electrons. The molecule has 4 heteroatoms. The smallest absolute Gasteiger partial charge is 0.250 e. The zero-order valence-corrected chi connectivity index (χ0v) is 11.6. The van der Waals surface area contributed by atoms with Crippen molar-refractivity contribution in [2.24, 2.45) is 0 Å². The summed E-state index contributed by atoms with van der Waals surface area (Å²) in [7, 11) is 0. The average molecular weight is 282 g/mol. The molecule has 2 rings (SSSR count). The van der Waals surface area contributed by atoms with Crippen LogP contribution in [0.15, 0.2) is 66.7 Å². The molecule has 0 spiro atoms. The molecule has 0 unspecified atom stereocenters. The fourth-order valence-corrected chi connectivity index (χ4v) is 1.79. The summed E-state index contributed by atoms with van der Waals surface area (Å²) < 4.78 is 0. The third-order valence-electron chi connectivity index (χ3n) is 2.50. The molecule has 1 amide bonds. The molecule has 0 bridgehead atoms. The number of para-hydroxylation sites is 1. The van der Waals surface area contributed by atoms with E-state index in [1.165, 1.54) is 6.08 Å². The molecular weight excluding hydrogens is 268 g/mol. The van der Waals surface area contributed by atoms with Gasteiger partial charge in [0.1, 0.15) is 0 Å². The molecule has 0 atom stereocenters. The molecule has 2 aromatic rings. The summed E-state index contributed by atoms with van der Waals surface area (Å²) >= 11 is 5.07. The summed E-state index contributed by atoms with van der Waals surface area (Å²) in [5.41, 5.74) is 1.80. The molecule has 0 aliphatic heterocycles. The monoisotopic (exact) mass is 282 g/mol. The first kappa shape index (κ1) is 14.0. The Hall–Kier alpha value is -2.46. The predicted molar refractivity (Wildman–Crippen MR) is 86.3 cm³/mol. The van der Waals surface area contributed by atoms with Crippen LogP contribution in [-0.4, -0.2) is 11.0 Å². The maximum atomic E-state index is 11.7. The van der Waals surface area contributed by atoms with Gasteiger partial charge in [0.05, 0.1) is 0 Å². The van der Waals surface area contributed by atoms with Crippen LogP contribution < -0.4 is 10.6 Å². The van der Waals surface area contributed by atoms with Gasteiger partial charge in [0.15, 0.2) is 5.11 Å². The highest BCUT2D eigenvalue weighted by atomic mass is 32.1. The molecule has 100 valence electrons. The van der Waals surface area contributed by atoms with Crippen molar-refractivity contribution in [2.45, 2.75) is 0 Å². The minimum Gasteiger partial charge on any atom is -0.332 e. The zero-order valence-electron chi connectivity index (χ0n) is 10.7. The molecule has 0 saturated heterocycles. The van der Waals surface area contributed by atoms with E-state index in [0.29, 0.717) is 0 Å². The highest BCUT2D eigenvalue weighted by molar-refractivity contribution is 7.80. The van der Waals surface area contributed by atoms with Crippen LogP contribution in [0.5, 0.6) is 0 Å². The second-order valence-corrected chi connectivity index (χ2v) is 4.46. The van der Waals surface area contributed by atoms with Gasteiger partial charge in [-0.25, -0.2) is 0 Å². The number of benzene rings is 2. The fourth-order valence-electron chi connectivity index (χ4n) is 1.57. The third-order valence-corrected chi connectivity index (χ3v) is 2.70. The number of hydrogen-bond acceptors (Lipinski definition) is 2. The van der Waals surface area contributed by atoms with E-state index >= 15 is 0 Å². The molecule has 0 aliphatic carbocycles. The van der Waals surface area contributed by atoms with Gasteiger partial charge in [-0.15, -0.1) is 0 Å². The quantitative estimate of drug-likeness (QED) is 0.671. The fraction of sp³-hybridized carbons (Fsp3) is 0. The molecule has 0 saturated carbocycles. The van der Waals surface area contributed by atoms with E-state index in [0.717, 1.165) is 11.3 Å². The molecule has 0 heterocycles. The molecule has 20 heavy (non-hydrogen) atoms. The molecule has 0 fully saturated rings. The molecule has 2 aromatic carbocycles. The number of carbonyl (C=O) groups is 1. The first-order chi connectivity index (χ1) is 9.74. The summed E-state index contributed by atoms with van der Waals surface area (Å²) in [6, 6.07) is 19.0. The Balaban J connectivity index is 1.85. The van der Waals surface area contributed by atoms with E-state index in [9.17, 15) is 4.79 Å². The van der Waals surface area contributed by atoms with Crippen molar-refractivity contribution in [1.82, 2.24) is 5.32 Å². The van der Waals surface area contributed by atoms with Gasteiger partial charge in [0.2, 0.25) is 5.91 Å². The summed E-state index contributed by atoms with van der Waals surface area (Å²) in [6.07, 6.45) is 3.19. The van der Waals surface area contributed by atoms with E-state index in [4.69, 9.17) is 12.2 Å². The lowest BCUT2D eigenvalue weighted by Crippen LogP contribution is -2.32. The van der Waals surface area contributed by atoms with Crippen LogP contribution in [0.25, 0.3) is 6.08 Å². The lowest BCUT2D eigenvalue weighted by molar-refractivity contribution is -0.115. The van der Waals surface area contributed by atoms with E-state index in [1.54, 1.807) is 6.08 Å². The van der Waals surface area contributed by atoms with E-state index in [-0.39, 0.29) is 11.0 Å². The molecule has 0 aliphatic rings. The van der Waals surface area contributed by atoms with Crippen molar-refractivity contribution in [3.8, 4) is 0 Å². The summed E-state index contributed by atoms with van der Waals surface area (Å²) in [6.45, 7) is 0. The van der Waals surface area contributed by atoms with Gasteiger partial charge in [-0.1, -0.05) is 48.5 Å². The standard InChI is InChI=1S/C16H14N2OS/c19-15(12-11-13-7-3-1-4-8-13)18-16(20)17-14-9-5-2-6-10-14/h1-12H,(H2,17,18,19,20). The number of rotatable bonds is 3. The van der Waals surface area contributed by atoms with E-state index in [2.05, 4.69) is 10.6 Å². The summed E-state index contributed by atoms with van der Waals surface area (Å²) in [5.74, 6) is -0.262. The van der Waals surface area contributed by atoms with Gasteiger partial charge < -0.3 is 5.32 Å². The van der Waals surface area contributed by atoms with Crippen LogP contribution in [0, 0.1) is 0 Å². The van der Waals surface area contributed by atoms with Crippen molar-refractivity contribution in [3.63, 3.8) is 0 Å². The highest BCUT2D eigenvalue weighted by Crippen LogP contribution is 2.04. The van der Waals surface area contributed by atoms with Crippen LogP contribution in [0.2, 0.25) is 0 Å². The van der Waals surface area contributed by atoms with Crippen molar-refractivity contribution in [3.05, 3.63) is 72.3 Å². The van der Waals surface area contributed by atoms with Gasteiger partial charge in [0.25, 0.3) is 0 Å². The van der Waals surface area contributed by atoms with Crippen molar-refractivity contribution < 1.29 is 4.79 Å². The Morgan fingerprint density at radius 2 is 1.55 bits per heavy atom. The number of anilines is 1. The van der Waals surface area contributed by atoms with Crippen molar-refractivity contribution in [2.75, 3.05) is 5.32 Å². The van der Waals surface area contributed by atoms with Crippen LogP contribution in [0.3, 0.4) is 0 Å². The minimum absolute atomic E-state index is 0.262. The Bertz CT molecular complexity index is 609.